The SMILES string of the molecule is NCc1ccc(-n2cc(-c3ccc4c(c3)CCC4=NO)c(-c3ccncc3)n2)cc1. The highest BCUT2D eigenvalue weighted by atomic mass is 16.4. The Balaban J connectivity index is 1.64. The monoisotopic (exact) mass is 395 g/mol. The molecule has 1 aliphatic rings. The van der Waals surface area contributed by atoms with Crippen LogP contribution < -0.4 is 5.73 Å². The number of pyridine rings is 1. The van der Waals surface area contributed by atoms with E-state index < -0.39 is 0 Å². The first kappa shape index (κ1) is 18.3. The molecule has 6 heteroatoms. The Kier molecular flexibility index (Phi) is 4.61. The quantitative estimate of drug-likeness (QED) is 0.401. The van der Waals surface area contributed by atoms with Crippen LogP contribution in [0.3, 0.4) is 0 Å². The van der Waals surface area contributed by atoms with Crippen molar-refractivity contribution >= 4 is 5.71 Å². The number of aryl methyl sites for hydroxylation is 1. The van der Waals surface area contributed by atoms with Gasteiger partial charge in [0.2, 0.25) is 0 Å². The van der Waals surface area contributed by atoms with Gasteiger partial charge < -0.3 is 10.9 Å². The molecule has 0 aliphatic heterocycles. The van der Waals surface area contributed by atoms with E-state index in [4.69, 9.17) is 10.8 Å². The van der Waals surface area contributed by atoms with Crippen LogP contribution in [0.1, 0.15) is 23.1 Å². The second-order valence-electron chi connectivity index (χ2n) is 7.36. The summed E-state index contributed by atoms with van der Waals surface area (Å²) in [5.41, 5.74) is 14.8. The number of nitrogens with two attached hydrogens (primary N) is 1. The molecule has 0 fully saturated rings. The van der Waals surface area contributed by atoms with Gasteiger partial charge in [0, 0.05) is 41.8 Å². The van der Waals surface area contributed by atoms with E-state index in [9.17, 15) is 5.21 Å². The molecule has 0 bridgehead atoms. The minimum absolute atomic E-state index is 0.515. The molecule has 0 saturated carbocycles. The number of rotatable bonds is 4. The summed E-state index contributed by atoms with van der Waals surface area (Å²) < 4.78 is 1.90. The van der Waals surface area contributed by atoms with E-state index in [1.54, 1.807) is 12.4 Å². The van der Waals surface area contributed by atoms with Gasteiger partial charge in [0.05, 0.1) is 11.4 Å². The summed E-state index contributed by atoms with van der Waals surface area (Å²) in [6, 6.07) is 18.3. The zero-order valence-electron chi connectivity index (χ0n) is 16.4. The van der Waals surface area contributed by atoms with Gasteiger partial charge in [-0.15, -0.1) is 0 Å². The van der Waals surface area contributed by atoms with Crippen LogP contribution in [-0.4, -0.2) is 25.7 Å². The molecule has 0 spiro atoms. The number of benzene rings is 2. The van der Waals surface area contributed by atoms with Crippen molar-refractivity contribution in [3.63, 3.8) is 0 Å². The third kappa shape index (κ3) is 3.17. The Morgan fingerprint density at radius 2 is 1.73 bits per heavy atom. The van der Waals surface area contributed by atoms with Crippen LogP contribution in [0.4, 0.5) is 0 Å². The van der Waals surface area contributed by atoms with Crippen molar-refractivity contribution in [2.45, 2.75) is 19.4 Å². The van der Waals surface area contributed by atoms with Crippen LogP contribution in [-0.2, 0) is 13.0 Å². The van der Waals surface area contributed by atoms with Crippen molar-refractivity contribution in [1.82, 2.24) is 14.8 Å². The van der Waals surface area contributed by atoms with Gasteiger partial charge in [-0.05, 0) is 53.8 Å². The lowest BCUT2D eigenvalue weighted by Gasteiger charge is -2.05. The van der Waals surface area contributed by atoms with Gasteiger partial charge in [-0.2, -0.15) is 5.10 Å². The van der Waals surface area contributed by atoms with Gasteiger partial charge in [0.1, 0.15) is 5.69 Å². The molecule has 3 N–H and O–H groups in total. The number of nitrogens with zero attached hydrogens (tertiary/aromatic N) is 4. The van der Waals surface area contributed by atoms with Gasteiger partial charge in [0.15, 0.2) is 0 Å². The topological polar surface area (TPSA) is 89.3 Å². The van der Waals surface area contributed by atoms with Crippen molar-refractivity contribution in [1.29, 1.82) is 0 Å². The minimum Gasteiger partial charge on any atom is -0.411 e. The summed E-state index contributed by atoms with van der Waals surface area (Å²) in [6.07, 6.45) is 7.26. The molecule has 2 aromatic heterocycles. The van der Waals surface area contributed by atoms with E-state index in [2.05, 4.69) is 28.5 Å². The molecule has 148 valence electrons. The Bertz CT molecular complexity index is 1230. The van der Waals surface area contributed by atoms with Gasteiger partial charge in [-0.3, -0.25) is 4.98 Å². The largest absolute Gasteiger partial charge is 0.411 e. The van der Waals surface area contributed by atoms with Gasteiger partial charge in [0.25, 0.3) is 0 Å². The molecule has 0 atom stereocenters. The number of aromatic nitrogens is 3. The standard InChI is InChI=1S/C24H21N5O/c25-14-16-1-5-20(6-2-16)29-15-22(24(27-29)17-9-11-26-12-10-17)19-3-7-21-18(13-19)4-8-23(21)28-30/h1-3,5-7,9-13,15,30H,4,8,14,25H2. The first-order valence-electron chi connectivity index (χ1n) is 9.91. The van der Waals surface area contributed by atoms with Crippen molar-refractivity contribution in [2.24, 2.45) is 10.9 Å². The molecule has 0 saturated heterocycles. The molecule has 0 radical (unpaired) electrons. The van der Waals surface area contributed by atoms with E-state index in [-0.39, 0.29) is 0 Å². The Morgan fingerprint density at radius 1 is 0.933 bits per heavy atom. The van der Waals surface area contributed by atoms with Gasteiger partial charge in [-0.1, -0.05) is 35.5 Å². The summed E-state index contributed by atoms with van der Waals surface area (Å²) in [4.78, 5) is 4.14. The van der Waals surface area contributed by atoms with Crippen LogP contribution >= 0.6 is 0 Å². The van der Waals surface area contributed by atoms with Crippen LogP contribution in [0.5, 0.6) is 0 Å². The first-order chi connectivity index (χ1) is 14.8. The average molecular weight is 395 g/mol. The van der Waals surface area contributed by atoms with Crippen LogP contribution in [0.2, 0.25) is 0 Å². The third-order valence-electron chi connectivity index (χ3n) is 5.58. The fourth-order valence-electron chi connectivity index (χ4n) is 3.97. The average Bonchev–Trinajstić information content (AvgIpc) is 3.44. The molecule has 0 amide bonds. The van der Waals surface area contributed by atoms with Crippen molar-refractivity contribution < 1.29 is 5.21 Å². The van der Waals surface area contributed by atoms with Gasteiger partial charge in [-0.25, -0.2) is 4.68 Å². The van der Waals surface area contributed by atoms with E-state index in [0.717, 1.165) is 57.8 Å². The zero-order chi connectivity index (χ0) is 20.5. The minimum atomic E-state index is 0.515. The van der Waals surface area contributed by atoms with Crippen molar-refractivity contribution in [3.05, 3.63) is 89.9 Å². The second-order valence-corrected chi connectivity index (χ2v) is 7.36. The maximum atomic E-state index is 9.22. The highest BCUT2D eigenvalue weighted by molar-refractivity contribution is 6.04. The fourth-order valence-corrected chi connectivity index (χ4v) is 3.97. The normalized spacial score (nSPS) is 14.2. The number of oxime groups is 1. The number of fused-ring (bicyclic) bond motifs is 1. The molecule has 0 unspecified atom stereocenters. The van der Waals surface area contributed by atoms with Crippen LogP contribution in [0.15, 0.2) is 78.3 Å². The molecular formula is C24H21N5O. The van der Waals surface area contributed by atoms with Crippen LogP contribution in [0.25, 0.3) is 28.1 Å². The number of hydrogen-bond donors (Lipinski definition) is 2. The predicted molar refractivity (Wildman–Crippen MR) is 117 cm³/mol. The summed E-state index contributed by atoms with van der Waals surface area (Å²) in [5, 5.41) is 17.6. The lowest BCUT2D eigenvalue weighted by Crippen LogP contribution is -1.98. The Hall–Kier alpha value is -3.77. The lowest BCUT2D eigenvalue weighted by molar-refractivity contribution is 0.318. The summed E-state index contributed by atoms with van der Waals surface area (Å²) in [5.74, 6) is 0. The van der Waals surface area contributed by atoms with Gasteiger partial charge >= 0.3 is 0 Å². The summed E-state index contributed by atoms with van der Waals surface area (Å²) >= 11 is 0. The smallest absolute Gasteiger partial charge is 0.101 e. The molecule has 5 rings (SSSR count). The Labute approximate surface area is 174 Å². The summed E-state index contributed by atoms with van der Waals surface area (Å²) in [7, 11) is 0. The zero-order valence-corrected chi connectivity index (χ0v) is 16.4. The highest BCUT2D eigenvalue weighted by Gasteiger charge is 2.21. The molecule has 1 aliphatic carbocycles. The van der Waals surface area contributed by atoms with Crippen molar-refractivity contribution in [3.8, 4) is 28.1 Å². The maximum Gasteiger partial charge on any atom is 0.101 e. The molecular weight excluding hydrogens is 374 g/mol. The molecule has 4 aromatic rings. The highest BCUT2D eigenvalue weighted by Crippen LogP contribution is 2.34. The third-order valence-corrected chi connectivity index (χ3v) is 5.58. The molecule has 2 heterocycles. The number of hydrogen-bond acceptors (Lipinski definition) is 5. The van der Waals surface area contributed by atoms with E-state index in [0.29, 0.717) is 6.54 Å². The predicted octanol–water partition coefficient (Wildman–Crippen LogP) is 4.18. The fraction of sp³-hybridized carbons (Fsp3) is 0.125. The first-order valence-corrected chi connectivity index (χ1v) is 9.91. The second kappa shape index (κ2) is 7.57. The molecule has 2 aromatic carbocycles. The van der Waals surface area contributed by atoms with Crippen LogP contribution in [0, 0.1) is 0 Å². The van der Waals surface area contributed by atoms with E-state index in [1.165, 1.54) is 5.56 Å². The maximum absolute atomic E-state index is 9.22. The Morgan fingerprint density at radius 3 is 2.47 bits per heavy atom. The van der Waals surface area contributed by atoms with Crippen molar-refractivity contribution in [2.75, 3.05) is 0 Å². The molecule has 30 heavy (non-hydrogen) atoms. The van der Waals surface area contributed by atoms with E-state index >= 15 is 0 Å². The van der Waals surface area contributed by atoms with E-state index in [1.807, 2.05) is 47.1 Å². The molecule has 6 nitrogen and oxygen atoms in total. The lowest BCUT2D eigenvalue weighted by atomic mass is 9.98. The summed E-state index contributed by atoms with van der Waals surface area (Å²) in [6.45, 7) is 0.515.